The number of halogens is 1. The highest BCUT2D eigenvalue weighted by Gasteiger charge is 2.23. The van der Waals surface area contributed by atoms with Crippen molar-refractivity contribution in [2.24, 2.45) is 0 Å². The van der Waals surface area contributed by atoms with E-state index in [0.29, 0.717) is 27.5 Å². The molecule has 2 aromatic heterocycles. The zero-order valence-electron chi connectivity index (χ0n) is 15.4. The molecule has 6 nitrogen and oxygen atoms in total. The molecule has 0 saturated heterocycles. The van der Waals surface area contributed by atoms with Crippen LogP contribution in [0.4, 0.5) is 0 Å². The number of hydrogen-bond donors (Lipinski definition) is 1. The minimum absolute atomic E-state index is 0.261. The number of esters is 1. The Kier molecular flexibility index (Phi) is 4.93. The summed E-state index contributed by atoms with van der Waals surface area (Å²) in [4.78, 5) is 32.6. The van der Waals surface area contributed by atoms with Crippen molar-refractivity contribution in [3.05, 3.63) is 58.4 Å². The number of carbonyl (C=O) groups excluding carboxylic acids is 2. The number of benzene rings is 1. The Morgan fingerprint density at radius 3 is 2.52 bits per heavy atom. The second-order valence-electron chi connectivity index (χ2n) is 6.98. The number of methoxy groups -OCH3 is 1. The molecule has 0 aliphatic heterocycles. The fraction of sp³-hybridized carbons (Fsp3) is 0.250. The van der Waals surface area contributed by atoms with E-state index in [2.05, 4.69) is 9.97 Å². The van der Waals surface area contributed by atoms with Gasteiger partial charge in [0.2, 0.25) is 0 Å². The van der Waals surface area contributed by atoms with Gasteiger partial charge in [0.1, 0.15) is 22.2 Å². The van der Waals surface area contributed by atoms with Crippen LogP contribution in [0.1, 0.15) is 47.1 Å². The van der Waals surface area contributed by atoms with Crippen LogP contribution in [0.15, 0.2) is 36.5 Å². The number of nitrogens with one attached hydrogen (secondary N) is 1. The SMILES string of the molecule is COc1ccc(C(=O)OC(C)(C)C)cc1C(=O)c1c[nH]c2nc(Cl)ccc12. The molecular weight excluding hydrogens is 368 g/mol. The van der Waals surface area contributed by atoms with Crippen LogP contribution >= 0.6 is 11.6 Å². The van der Waals surface area contributed by atoms with Crippen molar-refractivity contribution in [2.75, 3.05) is 7.11 Å². The monoisotopic (exact) mass is 386 g/mol. The molecular formula is C20H19ClN2O4. The molecule has 0 atom stereocenters. The molecule has 3 rings (SSSR count). The van der Waals surface area contributed by atoms with Crippen LogP contribution < -0.4 is 4.74 Å². The van der Waals surface area contributed by atoms with Crippen molar-refractivity contribution in [2.45, 2.75) is 26.4 Å². The Bertz CT molecular complexity index is 1030. The molecule has 0 fully saturated rings. The van der Waals surface area contributed by atoms with Crippen molar-refractivity contribution in [1.29, 1.82) is 0 Å². The highest BCUT2D eigenvalue weighted by molar-refractivity contribution is 6.30. The van der Waals surface area contributed by atoms with Crippen LogP contribution in [0.5, 0.6) is 5.75 Å². The molecule has 1 aromatic carbocycles. The average molecular weight is 387 g/mol. The van der Waals surface area contributed by atoms with Gasteiger partial charge in [-0.2, -0.15) is 0 Å². The van der Waals surface area contributed by atoms with Gasteiger partial charge < -0.3 is 14.5 Å². The fourth-order valence-electron chi connectivity index (χ4n) is 2.66. The smallest absolute Gasteiger partial charge is 0.338 e. The maximum Gasteiger partial charge on any atom is 0.338 e. The number of ether oxygens (including phenoxy) is 2. The summed E-state index contributed by atoms with van der Waals surface area (Å²) in [6.45, 7) is 5.35. The van der Waals surface area contributed by atoms with E-state index in [9.17, 15) is 9.59 Å². The van der Waals surface area contributed by atoms with Gasteiger partial charge in [0.05, 0.1) is 18.2 Å². The summed E-state index contributed by atoms with van der Waals surface area (Å²) >= 11 is 5.89. The molecule has 0 aliphatic rings. The minimum atomic E-state index is -0.636. The lowest BCUT2D eigenvalue weighted by atomic mass is 10.00. The number of pyridine rings is 1. The number of rotatable bonds is 4. The molecule has 0 saturated carbocycles. The van der Waals surface area contributed by atoms with E-state index in [4.69, 9.17) is 21.1 Å². The van der Waals surface area contributed by atoms with Gasteiger partial charge in [-0.1, -0.05) is 11.6 Å². The van der Waals surface area contributed by atoms with Crippen LogP contribution in [-0.4, -0.2) is 34.4 Å². The first kappa shape index (κ1) is 18.9. The molecule has 7 heteroatoms. The molecule has 3 aromatic rings. The molecule has 2 heterocycles. The number of carbonyl (C=O) groups is 2. The van der Waals surface area contributed by atoms with Crippen LogP contribution in [0, 0.1) is 0 Å². The van der Waals surface area contributed by atoms with E-state index in [1.54, 1.807) is 51.2 Å². The first-order valence-electron chi connectivity index (χ1n) is 8.29. The van der Waals surface area contributed by atoms with Crippen molar-refractivity contribution in [3.63, 3.8) is 0 Å². The minimum Gasteiger partial charge on any atom is -0.496 e. The van der Waals surface area contributed by atoms with Gasteiger partial charge in [-0.15, -0.1) is 0 Å². The summed E-state index contributed by atoms with van der Waals surface area (Å²) in [6.07, 6.45) is 1.57. The van der Waals surface area contributed by atoms with Gasteiger partial charge >= 0.3 is 5.97 Å². The molecule has 0 bridgehead atoms. The molecule has 0 radical (unpaired) electrons. The van der Waals surface area contributed by atoms with Crippen LogP contribution in [0.3, 0.4) is 0 Å². The summed E-state index contributed by atoms with van der Waals surface area (Å²) in [5.41, 5.74) is 0.817. The van der Waals surface area contributed by atoms with E-state index < -0.39 is 11.6 Å². The number of fused-ring (bicyclic) bond motifs is 1. The third kappa shape index (κ3) is 3.95. The van der Waals surface area contributed by atoms with Crippen LogP contribution in [-0.2, 0) is 4.74 Å². The molecule has 1 N–H and O–H groups in total. The fourth-order valence-corrected chi connectivity index (χ4v) is 2.81. The zero-order chi connectivity index (χ0) is 19.8. The van der Waals surface area contributed by atoms with Gasteiger partial charge in [0.15, 0.2) is 5.78 Å². The van der Waals surface area contributed by atoms with Gasteiger partial charge in [-0.3, -0.25) is 4.79 Å². The molecule has 0 amide bonds. The van der Waals surface area contributed by atoms with Crippen molar-refractivity contribution in [3.8, 4) is 5.75 Å². The first-order chi connectivity index (χ1) is 12.7. The van der Waals surface area contributed by atoms with E-state index >= 15 is 0 Å². The van der Waals surface area contributed by atoms with E-state index in [-0.39, 0.29) is 16.9 Å². The predicted molar refractivity (Wildman–Crippen MR) is 103 cm³/mol. The highest BCUT2D eigenvalue weighted by atomic mass is 35.5. The number of hydrogen-bond acceptors (Lipinski definition) is 5. The second-order valence-corrected chi connectivity index (χ2v) is 7.37. The van der Waals surface area contributed by atoms with Gasteiger partial charge in [-0.05, 0) is 51.1 Å². The average Bonchev–Trinajstić information content (AvgIpc) is 3.02. The summed E-state index contributed by atoms with van der Waals surface area (Å²) in [5.74, 6) is -0.442. The summed E-state index contributed by atoms with van der Waals surface area (Å²) in [5, 5.41) is 0.960. The molecule has 27 heavy (non-hydrogen) atoms. The molecule has 0 spiro atoms. The largest absolute Gasteiger partial charge is 0.496 e. The van der Waals surface area contributed by atoms with E-state index in [1.165, 1.54) is 13.2 Å². The standard InChI is InChI=1S/C20H19ClN2O4/c1-20(2,3)27-19(25)11-5-7-15(26-4)13(9-11)17(24)14-10-22-18-12(14)6-8-16(21)23-18/h5-10H,1-4H3,(H,22,23). The maximum atomic E-state index is 13.1. The van der Waals surface area contributed by atoms with Crippen molar-refractivity contribution < 1.29 is 19.1 Å². The lowest BCUT2D eigenvalue weighted by Gasteiger charge is -2.20. The van der Waals surface area contributed by atoms with Crippen LogP contribution in [0.2, 0.25) is 5.15 Å². The zero-order valence-corrected chi connectivity index (χ0v) is 16.2. The third-order valence-corrected chi connectivity index (χ3v) is 4.04. The van der Waals surface area contributed by atoms with Gasteiger partial charge in [0, 0.05) is 17.1 Å². The van der Waals surface area contributed by atoms with Crippen molar-refractivity contribution >= 4 is 34.4 Å². The highest BCUT2D eigenvalue weighted by Crippen LogP contribution is 2.27. The Morgan fingerprint density at radius 2 is 1.85 bits per heavy atom. The number of nitrogens with zero attached hydrogens (tertiary/aromatic N) is 1. The number of ketones is 1. The molecule has 0 unspecified atom stereocenters. The summed E-state index contributed by atoms with van der Waals surface area (Å²) in [6, 6.07) is 7.97. The Balaban J connectivity index is 2.04. The second kappa shape index (κ2) is 7.04. The number of H-pyrrole nitrogens is 1. The Labute approximate surface area is 161 Å². The van der Waals surface area contributed by atoms with Gasteiger partial charge in [0.25, 0.3) is 0 Å². The lowest BCUT2D eigenvalue weighted by molar-refractivity contribution is 0.00695. The number of aromatic amines is 1. The van der Waals surface area contributed by atoms with Crippen molar-refractivity contribution in [1.82, 2.24) is 9.97 Å². The summed E-state index contributed by atoms with van der Waals surface area (Å²) < 4.78 is 10.7. The predicted octanol–water partition coefficient (Wildman–Crippen LogP) is 4.41. The topological polar surface area (TPSA) is 81.3 Å². The molecule has 140 valence electrons. The third-order valence-electron chi connectivity index (χ3n) is 3.83. The van der Waals surface area contributed by atoms with Crippen LogP contribution in [0.25, 0.3) is 11.0 Å². The normalized spacial score (nSPS) is 11.4. The Hall–Kier alpha value is -2.86. The lowest BCUT2D eigenvalue weighted by Crippen LogP contribution is -2.24. The number of aromatic nitrogens is 2. The van der Waals surface area contributed by atoms with Gasteiger partial charge in [-0.25, -0.2) is 9.78 Å². The van der Waals surface area contributed by atoms with E-state index in [1.807, 2.05) is 0 Å². The Morgan fingerprint density at radius 1 is 1.11 bits per heavy atom. The summed E-state index contributed by atoms with van der Waals surface area (Å²) in [7, 11) is 1.47. The van der Waals surface area contributed by atoms with E-state index in [0.717, 1.165) is 0 Å². The quantitative estimate of drug-likeness (QED) is 0.408. The maximum absolute atomic E-state index is 13.1. The first-order valence-corrected chi connectivity index (χ1v) is 8.67. The molecule has 0 aliphatic carbocycles.